The minimum absolute atomic E-state index is 0.00448. The highest BCUT2D eigenvalue weighted by Crippen LogP contribution is 2.47. The number of benzene rings is 3. The van der Waals surface area contributed by atoms with E-state index >= 15 is 0 Å². The second kappa shape index (κ2) is 21.0. The molecule has 2 saturated heterocycles. The summed E-state index contributed by atoms with van der Waals surface area (Å²) in [5.74, 6) is 0.221. The van der Waals surface area contributed by atoms with Crippen LogP contribution < -0.4 is 0 Å². The number of aromatic nitrogens is 2. The second-order valence-electron chi connectivity index (χ2n) is 19.2. The molecule has 5 aliphatic rings. The van der Waals surface area contributed by atoms with E-state index in [0.717, 1.165) is 83.6 Å². The van der Waals surface area contributed by atoms with E-state index in [4.69, 9.17) is 33.2 Å². The molecule has 11 nitrogen and oxygen atoms in total. The molecule has 2 aromatic heterocycles. The van der Waals surface area contributed by atoms with Gasteiger partial charge in [0.15, 0.2) is 0 Å². The predicted molar refractivity (Wildman–Crippen MR) is 280 cm³/mol. The quantitative estimate of drug-likeness (QED) is 0.119. The molecule has 0 spiro atoms. The van der Waals surface area contributed by atoms with Crippen LogP contribution in [-0.2, 0) is 20.0 Å². The Morgan fingerprint density at radius 3 is 1.40 bits per heavy atom. The number of fused-ring (bicyclic) bond motifs is 5. The summed E-state index contributed by atoms with van der Waals surface area (Å²) < 4.78 is 51.4. The summed E-state index contributed by atoms with van der Waals surface area (Å²) in [6.07, 6.45) is 18.4. The van der Waals surface area contributed by atoms with E-state index in [-0.39, 0.29) is 29.6 Å². The van der Waals surface area contributed by atoms with Crippen molar-refractivity contribution in [1.29, 1.82) is 0 Å². The minimum Gasteiger partial charge on any atom is -0.274 e. The predicted octanol–water partition coefficient (Wildman–Crippen LogP) is 11.1. The molecular formula is C55H59Cl2N5O6S2. The maximum absolute atomic E-state index is 12.9. The monoisotopic (exact) mass is 1020 g/mol. The largest absolute Gasteiger partial charge is 0.274 e. The Morgan fingerprint density at radius 2 is 0.986 bits per heavy atom. The first-order valence-corrected chi connectivity index (χ1v) is 28.8. The van der Waals surface area contributed by atoms with Crippen molar-refractivity contribution >= 4 is 78.4 Å². The van der Waals surface area contributed by atoms with Crippen molar-refractivity contribution in [2.75, 3.05) is 45.2 Å². The molecule has 0 radical (unpaired) electrons. The fourth-order valence-corrected chi connectivity index (χ4v) is 13.4. The molecule has 5 aromatic rings. The van der Waals surface area contributed by atoms with Gasteiger partial charge in [-0.05, 0) is 156 Å². The number of imide groups is 1. The fourth-order valence-electron chi connectivity index (χ4n) is 11.3. The van der Waals surface area contributed by atoms with Gasteiger partial charge in [0.2, 0.25) is 20.0 Å². The molecule has 3 aliphatic heterocycles. The molecule has 0 N–H and O–H groups in total. The van der Waals surface area contributed by atoms with Crippen LogP contribution in [0.5, 0.6) is 0 Å². The van der Waals surface area contributed by atoms with Crippen LogP contribution >= 0.6 is 23.2 Å². The summed E-state index contributed by atoms with van der Waals surface area (Å²) >= 11 is 12.8. The first-order chi connectivity index (χ1) is 33.6. The van der Waals surface area contributed by atoms with Gasteiger partial charge >= 0.3 is 0 Å². The number of halogens is 2. The molecule has 2 fully saturated rings. The Bertz CT molecular complexity index is 3070. The number of hydrogen-bond acceptors (Lipinski definition) is 8. The summed E-state index contributed by atoms with van der Waals surface area (Å²) in [7, 11) is -6.37. The van der Waals surface area contributed by atoms with Crippen LogP contribution in [0.1, 0.15) is 142 Å². The van der Waals surface area contributed by atoms with Crippen molar-refractivity contribution in [3.63, 3.8) is 0 Å². The van der Waals surface area contributed by atoms with E-state index in [1.165, 1.54) is 39.7 Å². The van der Waals surface area contributed by atoms with Gasteiger partial charge in [-0.1, -0.05) is 85.1 Å². The molecule has 2 atom stereocenters. The zero-order chi connectivity index (χ0) is 49.3. The lowest BCUT2D eigenvalue weighted by Gasteiger charge is -2.35. The van der Waals surface area contributed by atoms with E-state index in [1.807, 2.05) is 42.7 Å². The average Bonchev–Trinajstić information content (AvgIpc) is 3.43. The third kappa shape index (κ3) is 10.5. The van der Waals surface area contributed by atoms with Crippen LogP contribution in [0.2, 0.25) is 10.0 Å². The normalized spacial score (nSPS) is 19.9. The van der Waals surface area contributed by atoms with Gasteiger partial charge in [0.1, 0.15) is 0 Å². The number of hydrogen-bond donors (Lipinski definition) is 0. The molecule has 15 heteroatoms. The summed E-state index contributed by atoms with van der Waals surface area (Å²) in [4.78, 5) is 36.9. The number of carbonyl (C=O) groups is 2. The third-order valence-electron chi connectivity index (χ3n) is 14.8. The number of unbranched alkanes of at least 4 members (excludes halogenated alkanes) is 1. The van der Waals surface area contributed by atoms with Crippen molar-refractivity contribution in [2.45, 2.75) is 76.5 Å². The Morgan fingerprint density at radius 1 is 0.571 bits per heavy atom. The number of rotatable bonds is 11. The molecule has 10 rings (SSSR count). The fraction of sp³-hybridized carbons (Fsp3) is 0.382. The number of nitrogens with zero attached hydrogens (tertiary/aromatic N) is 5. The summed E-state index contributed by atoms with van der Waals surface area (Å²) in [6.45, 7) is 4.67. The Kier molecular flexibility index (Phi) is 15.0. The zero-order valence-electron chi connectivity index (χ0n) is 39.9. The van der Waals surface area contributed by atoms with E-state index in [9.17, 15) is 26.4 Å². The van der Waals surface area contributed by atoms with Gasteiger partial charge in [0.05, 0.1) is 35.0 Å². The molecular weight excluding hydrogens is 962 g/mol. The number of amides is 2. The second-order valence-corrected chi connectivity index (χ2v) is 24.1. The lowest BCUT2D eigenvalue weighted by atomic mass is 9.76. The van der Waals surface area contributed by atoms with E-state index < -0.39 is 20.0 Å². The number of sulfonamides is 2. The number of carbonyl (C=O) groups excluding carboxylic acids is 2. The van der Waals surface area contributed by atoms with Crippen LogP contribution in [0.3, 0.4) is 0 Å². The van der Waals surface area contributed by atoms with E-state index in [0.29, 0.717) is 67.6 Å². The Labute approximate surface area is 422 Å². The van der Waals surface area contributed by atoms with Crippen LogP contribution in [0, 0.1) is 11.8 Å². The number of allylic oxidation sites excluding steroid dienone is 2. The maximum atomic E-state index is 12.9. The summed E-state index contributed by atoms with van der Waals surface area (Å²) in [5, 5.41) is 1.38. The Hall–Kier alpha value is -5.02. The SMILES string of the molecule is CCCCC1=Cc2cc(Cl)ccc2C(C2CCN(S(C)(=O)=O)CC2)c2ncccc21.CS(=O)(=O)N1CCC(C2c3ccc(Cl)cc3C=C(CCCN3C(=O)c4ccccc4C3=O)c3cccnc32)CC1. The smallest absolute Gasteiger partial charge is 0.261 e. The van der Waals surface area contributed by atoms with Crippen LogP contribution in [0.25, 0.3) is 23.3 Å². The molecule has 70 heavy (non-hydrogen) atoms. The molecule has 0 bridgehead atoms. The Balaban J connectivity index is 0.000000181. The first-order valence-electron chi connectivity index (χ1n) is 24.4. The van der Waals surface area contributed by atoms with Crippen molar-refractivity contribution in [1.82, 2.24) is 23.5 Å². The van der Waals surface area contributed by atoms with Gasteiger partial charge in [0, 0.05) is 67.0 Å². The maximum Gasteiger partial charge on any atom is 0.261 e. The lowest BCUT2D eigenvalue weighted by molar-refractivity contribution is 0.0653. The topological polar surface area (TPSA) is 138 Å². The molecule has 366 valence electrons. The van der Waals surface area contributed by atoms with Gasteiger partial charge in [-0.3, -0.25) is 24.5 Å². The lowest BCUT2D eigenvalue weighted by Crippen LogP contribution is -2.39. The molecule has 3 aromatic carbocycles. The molecule has 2 amide bonds. The van der Waals surface area contributed by atoms with Crippen molar-refractivity contribution in [3.8, 4) is 0 Å². The van der Waals surface area contributed by atoms with Crippen molar-refractivity contribution in [3.05, 3.63) is 163 Å². The zero-order valence-corrected chi connectivity index (χ0v) is 43.0. The van der Waals surface area contributed by atoms with E-state index in [2.05, 4.69) is 49.4 Å². The highest BCUT2D eigenvalue weighted by molar-refractivity contribution is 7.88. The minimum atomic E-state index is -3.23. The van der Waals surface area contributed by atoms with Gasteiger partial charge in [-0.2, -0.15) is 0 Å². The van der Waals surface area contributed by atoms with Gasteiger partial charge in [-0.15, -0.1) is 0 Å². The summed E-state index contributed by atoms with van der Waals surface area (Å²) in [6, 6.07) is 27.3. The first kappa shape index (κ1) is 49.9. The third-order valence-corrected chi connectivity index (χ3v) is 17.8. The molecule has 2 unspecified atom stereocenters. The van der Waals surface area contributed by atoms with Crippen molar-refractivity contribution in [2.24, 2.45) is 11.8 Å². The van der Waals surface area contributed by atoms with Gasteiger partial charge < -0.3 is 0 Å². The van der Waals surface area contributed by atoms with Crippen LogP contribution in [0.4, 0.5) is 0 Å². The number of piperidine rings is 2. The van der Waals surface area contributed by atoms with Gasteiger partial charge in [0.25, 0.3) is 11.8 Å². The standard InChI is InChI=1S/C31H30ClN3O4S.C24H29ClN2O2S/c1-40(38,39)34-16-12-20(13-17-34)28-24-11-10-23(32)19-22(24)18-21(25-9-4-14-33-29(25)28)6-5-15-35-30(36)26-7-2-3-8-27(26)31(35)37;1-3-4-6-18-15-19-16-20(25)8-9-21(19)23(24-22(18)7-5-12-26-24)17-10-13-27(14-11-17)30(2,28)29/h2-4,7-11,14,18-20,28H,5-6,12-13,15-17H2,1H3;5,7-9,12,15-17,23H,3-4,6,10-11,13-14H2,1-2H3. The van der Waals surface area contributed by atoms with Crippen LogP contribution in [-0.4, -0.2) is 97.4 Å². The number of pyridine rings is 2. The highest BCUT2D eigenvalue weighted by atomic mass is 35.5. The molecule has 5 heterocycles. The van der Waals surface area contributed by atoms with E-state index in [1.54, 1.807) is 32.9 Å². The molecule has 0 saturated carbocycles. The average molecular weight is 1020 g/mol. The van der Waals surface area contributed by atoms with Gasteiger partial charge in [-0.25, -0.2) is 25.4 Å². The highest BCUT2D eigenvalue weighted by Gasteiger charge is 2.39. The van der Waals surface area contributed by atoms with Crippen molar-refractivity contribution < 1.29 is 26.4 Å². The molecule has 2 aliphatic carbocycles. The summed E-state index contributed by atoms with van der Waals surface area (Å²) in [5.41, 5.74) is 12.3. The van der Waals surface area contributed by atoms with Crippen LogP contribution in [0.15, 0.2) is 97.3 Å².